The Morgan fingerprint density at radius 3 is 2.54 bits per heavy atom. The predicted molar refractivity (Wildman–Crippen MR) is 100 cm³/mol. The van der Waals surface area contributed by atoms with E-state index in [0.29, 0.717) is 19.6 Å². The van der Waals surface area contributed by atoms with Crippen LogP contribution in [-0.4, -0.2) is 17.4 Å². The van der Waals surface area contributed by atoms with Crippen LogP contribution in [0.3, 0.4) is 0 Å². The van der Waals surface area contributed by atoms with E-state index in [0.717, 1.165) is 35.3 Å². The fourth-order valence-corrected chi connectivity index (χ4v) is 2.46. The van der Waals surface area contributed by atoms with E-state index in [-0.39, 0.29) is 11.6 Å². The smallest absolute Gasteiger partial charge is 0.269 e. The zero-order chi connectivity index (χ0) is 18.9. The van der Waals surface area contributed by atoms with Crippen LogP contribution in [0, 0.1) is 24.0 Å². The SMILES string of the molecule is Cc1ccc(C)c(OCCCCC(=O)NCc2ccc([N+](=O)[O-])cc2)c1. The van der Waals surface area contributed by atoms with Gasteiger partial charge in [0.25, 0.3) is 5.69 Å². The lowest BCUT2D eigenvalue weighted by Gasteiger charge is -2.10. The molecule has 0 saturated heterocycles. The number of nitro groups is 1. The van der Waals surface area contributed by atoms with E-state index in [2.05, 4.69) is 11.4 Å². The highest BCUT2D eigenvalue weighted by Gasteiger charge is 2.06. The molecule has 0 fully saturated rings. The molecule has 0 aliphatic heterocycles. The first-order valence-corrected chi connectivity index (χ1v) is 8.66. The van der Waals surface area contributed by atoms with Crippen molar-refractivity contribution in [1.29, 1.82) is 0 Å². The van der Waals surface area contributed by atoms with Gasteiger partial charge in [-0.05, 0) is 49.4 Å². The molecule has 0 radical (unpaired) electrons. The summed E-state index contributed by atoms with van der Waals surface area (Å²) in [5.74, 6) is 0.864. The Hall–Kier alpha value is -2.89. The molecule has 0 bridgehead atoms. The maximum Gasteiger partial charge on any atom is 0.269 e. The van der Waals surface area contributed by atoms with Crippen LogP contribution >= 0.6 is 0 Å². The molecule has 6 nitrogen and oxygen atoms in total. The second kappa shape index (κ2) is 9.56. The number of carbonyl (C=O) groups is 1. The van der Waals surface area contributed by atoms with Gasteiger partial charge in [-0.3, -0.25) is 14.9 Å². The average Bonchev–Trinajstić information content (AvgIpc) is 2.62. The standard InChI is InChI=1S/C20H24N2O4/c1-15-6-7-16(2)19(13-15)26-12-4-3-5-20(23)21-14-17-8-10-18(11-9-17)22(24)25/h6-11,13H,3-5,12,14H2,1-2H3,(H,21,23). The van der Waals surface area contributed by atoms with Gasteiger partial charge in [-0.1, -0.05) is 24.3 Å². The number of rotatable bonds is 9. The molecule has 0 atom stereocenters. The van der Waals surface area contributed by atoms with Crippen molar-refractivity contribution in [3.8, 4) is 5.75 Å². The van der Waals surface area contributed by atoms with Gasteiger partial charge < -0.3 is 10.1 Å². The minimum Gasteiger partial charge on any atom is -0.493 e. The number of hydrogen-bond donors (Lipinski definition) is 1. The number of amides is 1. The summed E-state index contributed by atoms with van der Waals surface area (Å²) in [5, 5.41) is 13.4. The van der Waals surface area contributed by atoms with E-state index in [1.807, 2.05) is 26.0 Å². The van der Waals surface area contributed by atoms with E-state index in [9.17, 15) is 14.9 Å². The van der Waals surface area contributed by atoms with Crippen LogP contribution in [-0.2, 0) is 11.3 Å². The Labute approximate surface area is 153 Å². The largest absolute Gasteiger partial charge is 0.493 e. The Morgan fingerprint density at radius 1 is 1.12 bits per heavy atom. The summed E-state index contributed by atoms with van der Waals surface area (Å²) in [7, 11) is 0. The lowest BCUT2D eigenvalue weighted by Crippen LogP contribution is -2.22. The number of nitrogens with one attached hydrogen (secondary N) is 1. The summed E-state index contributed by atoms with van der Waals surface area (Å²) >= 11 is 0. The quantitative estimate of drug-likeness (QED) is 0.417. The monoisotopic (exact) mass is 356 g/mol. The lowest BCUT2D eigenvalue weighted by molar-refractivity contribution is -0.384. The summed E-state index contributed by atoms with van der Waals surface area (Å²) in [4.78, 5) is 22.0. The minimum absolute atomic E-state index is 0.0323. The Bertz CT molecular complexity index is 757. The molecule has 0 aliphatic rings. The molecule has 2 aromatic carbocycles. The molecule has 1 N–H and O–H groups in total. The molecule has 1 amide bonds. The van der Waals surface area contributed by atoms with E-state index in [1.165, 1.54) is 12.1 Å². The number of hydrogen-bond acceptors (Lipinski definition) is 4. The van der Waals surface area contributed by atoms with Crippen molar-refractivity contribution in [3.63, 3.8) is 0 Å². The number of nitro benzene ring substituents is 1. The highest BCUT2D eigenvalue weighted by molar-refractivity contribution is 5.75. The second-order valence-electron chi connectivity index (χ2n) is 6.27. The maximum absolute atomic E-state index is 11.9. The van der Waals surface area contributed by atoms with Gasteiger partial charge in [-0.15, -0.1) is 0 Å². The number of nitrogens with zero attached hydrogens (tertiary/aromatic N) is 1. The van der Waals surface area contributed by atoms with E-state index >= 15 is 0 Å². The highest BCUT2D eigenvalue weighted by Crippen LogP contribution is 2.19. The van der Waals surface area contributed by atoms with Crippen molar-refractivity contribution in [1.82, 2.24) is 5.32 Å². The predicted octanol–water partition coefficient (Wildman–Crippen LogP) is 4.08. The number of aryl methyl sites for hydroxylation is 2. The van der Waals surface area contributed by atoms with Gasteiger partial charge in [0.15, 0.2) is 0 Å². The van der Waals surface area contributed by atoms with Gasteiger partial charge in [0.1, 0.15) is 5.75 Å². The first kappa shape index (κ1) is 19.4. The number of non-ortho nitro benzene ring substituents is 1. The zero-order valence-electron chi connectivity index (χ0n) is 15.2. The van der Waals surface area contributed by atoms with Gasteiger partial charge in [0, 0.05) is 25.1 Å². The van der Waals surface area contributed by atoms with Crippen LogP contribution in [0.4, 0.5) is 5.69 Å². The maximum atomic E-state index is 11.9. The Kier molecular flexibility index (Phi) is 7.14. The molecule has 0 unspecified atom stereocenters. The molecule has 0 heterocycles. The molecular formula is C20H24N2O4. The van der Waals surface area contributed by atoms with Crippen molar-refractivity contribution in [2.45, 2.75) is 39.7 Å². The first-order valence-electron chi connectivity index (χ1n) is 8.66. The number of ether oxygens (including phenoxy) is 1. The second-order valence-corrected chi connectivity index (χ2v) is 6.27. The van der Waals surface area contributed by atoms with Crippen LogP contribution in [0.2, 0.25) is 0 Å². The van der Waals surface area contributed by atoms with E-state index in [1.54, 1.807) is 12.1 Å². The molecule has 0 aliphatic carbocycles. The van der Waals surface area contributed by atoms with E-state index < -0.39 is 4.92 Å². The van der Waals surface area contributed by atoms with Crippen molar-refractivity contribution < 1.29 is 14.5 Å². The summed E-state index contributed by atoms with van der Waals surface area (Å²) in [6.07, 6.45) is 1.98. The molecule has 0 spiro atoms. The van der Waals surface area contributed by atoms with Crippen LogP contribution in [0.15, 0.2) is 42.5 Å². The van der Waals surface area contributed by atoms with E-state index in [4.69, 9.17) is 4.74 Å². The molecular weight excluding hydrogens is 332 g/mol. The molecule has 0 aromatic heterocycles. The molecule has 0 saturated carbocycles. The first-order chi connectivity index (χ1) is 12.5. The van der Waals surface area contributed by atoms with Gasteiger partial charge >= 0.3 is 0 Å². The minimum atomic E-state index is -0.442. The average molecular weight is 356 g/mol. The van der Waals surface area contributed by atoms with Gasteiger partial charge in [-0.25, -0.2) is 0 Å². The lowest BCUT2D eigenvalue weighted by atomic mass is 10.1. The van der Waals surface area contributed by atoms with Crippen molar-refractivity contribution in [2.75, 3.05) is 6.61 Å². The molecule has 2 aromatic rings. The fraction of sp³-hybridized carbons (Fsp3) is 0.350. The van der Waals surface area contributed by atoms with Crippen molar-refractivity contribution in [3.05, 3.63) is 69.3 Å². The number of unbranched alkanes of at least 4 members (excludes halogenated alkanes) is 1. The van der Waals surface area contributed by atoms with Gasteiger partial charge in [-0.2, -0.15) is 0 Å². The van der Waals surface area contributed by atoms with Crippen LogP contribution < -0.4 is 10.1 Å². The van der Waals surface area contributed by atoms with Crippen LogP contribution in [0.5, 0.6) is 5.75 Å². The van der Waals surface area contributed by atoms with Gasteiger partial charge in [0.2, 0.25) is 5.91 Å². The van der Waals surface area contributed by atoms with Crippen molar-refractivity contribution in [2.24, 2.45) is 0 Å². The van der Waals surface area contributed by atoms with Crippen molar-refractivity contribution >= 4 is 11.6 Å². The molecule has 2 rings (SSSR count). The topological polar surface area (TPSA) is 81.5 Å². The Morgan fingerprint density at radius 2 is 1.85 bits per heavy atom. The normalized spacial score (nSPS) is 10.4. The third-order valence-corrected chi connectivity index (χ3v) is 4.04. The highest BCUT2D eigenvalue weighted by atomic mass is 16.6. The summed E-state index contributed by atoms with van der Waals surface area (Å²) in [6.45, 7) is 5.00. The third kappa shape index (κ3) is 6.20. The van der Waals surface area contributed by atoms with Crippen LogP contribution in [0.25, 0.3) is 0 Å². The molecule has 6 heteroatoms. The van der Waals surface area contributed by atoms with Gasteiger partial charge in [0.05, 0.1) is 11.5 Å². The zero-order valence-corrected chi connectivity index (χ0v) is 15.2. The fourth-order valence-electron chi connectivity index (χ4n) is 2.46. The third-order valence-electron chi connectivity index (χ3n) is 4.04. The molecule has 26 heavy (non-hydrogen) atoms. The summed E-state index contributed by atoms with van der Waals surface area (Å²) in [5.41, 5.74) is 3.15. The summed E-state index contributed by atoms with van der Waals surface area (Å²) in [6, 6.07) is 12.3. The summed E-state index contributed by atoms with van der Waals surface area (Å²) < 4.78 is 5.77. The Balaban J connectivity index is 1.63. The number of benzene rings is 2. The van der Waals surface area contributed by atoms with Crippen LogP contribution in [0.1, 0.15) is 36.0 Å². The number of carbonyl (C=O) groups excluding carboxylic acids is 1. The molecule has 138 valence electrons.